The van der Waals surface area contributed by atoms with Gasteiger partial charge in [-0.15, -0.1) is 0 Å². The molecule has 0 aliphatic rings. The molecule has 5 N–H and O–H groups in total. The molecule has 0 heterocycles. The summed E-state index contributed by atoms with van der Waals surface area (Å²) in [5, 5.41) is 32.7. The lowest BCUT2D eigenvalue weighted by atomic mass is 9.87. The van der Waals surface area contributed by atoms with Gasteiger partial charge < -0.3 is 35.5 Å². The molecule has 11 nitrogen and oxygen atoms in total. The summed E-state index contributed by atoms with van der Waals surface area (Å²) >= 11 is 0.956. The summed E-state index contributed by atoms with van der Waals surface area (Å²) in [6.07, 6.45) is -3.29. The third-order valence-corrected chi connectivity index (χ3v) is 5.07. The zero-order valence-electron chi connectivity index (χ0n) is 18.0. The number of ether oxygens (including phenoxy) is 1. The Balaban J connectivity index is 4.03. The second kappa shape index (κ2) is 14.9. The van der Waals surface area contributed by atoms with Crippen LogP contribution in [0.5, 0.6) is 0 Å². The lowest BCUT2D eigenvalue weighted by Gasteiger charge is -2.27. The Kier molecular flexibility index (Phi) is 13.9. The summed E-state index contributed by atoms with van der Waals surface area (Å²) in [6.45, 7) is 4.45. The Labute approximate surface area is 185 Å². The van der Waals surface area contributed by atoms with Gasteiger partial charge in [-0.25, -0.2) is 4.79 Å². The molecule has 1 unspecified atom stereocenters. The molecule has 31 heavy (non-hydrogen) atoms. The molecule has 2 amide bonds. The average Bonchev–Trinajstić information content (AvgIpc) is 2.69. The van der Waals surface area contributed by atoms with Gasteiger partial charge in [0.1, 0.15) is 12.4 Å². The molecule has 0 aromatic carbocycles. The average molecular weight is 465 g/mol. The smallest absolute Gasteiger partial charge is 0.333 e. The van der Waals surface area contributed by atoms with Crippen LogP contribution in [-0.4, -0.2) is 88.3 Å². The number of nitrogens with one attached hydrogen (secondary N) is 2. The summed E-state index contributed by atoms with van der Waals surface area (Å²) in [7, 11) is 0. The van der Waals surface area contributed by atoms with Crippen LogP contribution in [0.4, 0.5) is 0 Å². The molecule has 0 rings (SSSR count). The summed E-state index contributed by atoms with van der Waals surface area (Å²) in [6, 6.07) is 0. The predicted octanol–water partition coefficient (Wildman–Crippen LogP) is -0.914. The van der Waals surface area contributed by atoms with Crippen LogP contribution in [0.1, 0.15) is 40.0 Å². The highest BCUT2D eigenvalue weighted by Crippen LogP contribution is 2.19. The maximum atomic E-state index is 11.9. The van der Waals surface area contributed by atoms with Crippen molar-refractivity contribution in [3.63, 3.8) is 0 Å². The van der Waals surface area contributed by atoms with Crippen molar-refractivity contribution in [3.8, 4) is 0 Å². The first-order chi connectivity index (χ1) is 14.4. The van der Waals surface area contributed by atoms with Crippen molar-refractivity contribution in [1.82, 2.24) is 10.6 Å². The number of carboxylic acid groups (broad SMARTS) is 1. The quantitative estimate of drug-likeness (QED) is 0.142. The van der Waals surface area contributed by atoms with E-state index in [1.165, 1.54) is 20.8 Å². The number of carbonyl (C=O) groups excluding carboxylic acids is 4. The second-order valence-electron chi connectivity index (χ2n) is 7.54. The Hall–Kier alpha value is -2.02. The minimum absolute atomic E-state index is 0.00962. The number of aldehydes is 1. The van der Waals surface area contributed by atoms with Crippen molar-refractivity contribution in [2.45, 2.75) is 58.3 Å². The number of aliphatic carboxylic acids is 1. The molecule has 0 radical (unpaired) electrons. The largest absolute Gasteiger partial charge is 0.479 e. The molecule has 178 valence electrons. The standard InChI is InChI=1S/C19H32N2O9S/c1-12(30-13(5-8-22)18(28)29)10-15(25)31-9-7-20-14(24)4-6-21-17(27)16(26)19(2,3)11-23/h8,12-13,16,23,26H,4-7,9-11H2,1-3H3,(H,20,24)(H,21,27)(H,28,29)/t12-,13?,16+/m1/s1. The van der Waals surface area contributed by atoms with Crippen molar-refractivity contribution >= 4 is 40.9 Å². The van der Waals surface area contributed by atoms with Gasteiger partial charge in [-0.1, -0.05) is 25.6 Å². The molecule has 12 heteroatoms. The Bertz CT molecular complexity index is 627. The molecule has 0 saturated carbocycles. The number of thioether (sulfide) groups is 1. The fraction of sp³-hybridized carbons (Fsp3) is 0.737. The van der Waals surface area contributed by atoms with Crippen LogP contribution in [0, 0.1) is 5.41 Å². The zero-order valence-corrected chi connectivity index (χ0v) is 18.8. The maximum absolute atomic E-state index is 11.9. The highest BCUT2D eigenvalue weighted by Gasteiger charge is 2.32. The van der Waals surface area contributed by atoms with Crippen LogP contribution in [-0.2, 0) is 28.7 Å². The number of amides is 2. The molecule has 0 spiro atoms. The lowest BCUT2D eigenvalue weighted by Crippen LogP contribution is -2.46. The summed E-state index contributed by atoms with van der Waals surface area (Å²) in [4.78, 5) is 56.8. The molecule has 0 fully saturated rings. The van der Waals surface area contributed by atoms with E-state index in [2.05, 4.69) is 10.6 Å². The van der Waals surface area contributed by atoms with Crippen LogP contribution in [0.25, 0.3) is 0 Å². The first-order valence-electron chi connectivity index (χ1n) is 9.75. The van der Waals surface area contributed by atoms with Crippen LogP contribution >= 0.6 is 11.8 Å². The van der Waals surface area contributed by atoms with Crippen LogP contribution in [0.15, 0.2) is 0 Å². The van der Waals surface area contributed by atoms with E-state index in [0.717, 1.165) is 11.8 Å². The van der Waals surface area contributed by atoms with Crippen molar-refractivity contribution < 1.29 is 44.0 Å². The van der Waals surface area contributed by atoms with E-state index in [1.807, 2.05) is 0 Å². The van der Waals surface area contributed by atoms with E-state index in [0.29, 0.717) is 12.0 Å². The summed E-state index contributed by atoms with van der Waals surface area (Å²) in [5.41, 5.74) is -0.998. The van der Waals surface area contributed by atoms with Gasteiger partial charge in [-0.2, -0.15) is 0 Å². The number of hydrogen-bond donors (Lipinski definition) is 5. The van der Waals surface area contributed by atoms with E-state index in [-0.39, 0.29) is 50.0 Å². The predicted molar refractivity (Wildman–Crippen MR) is 112 cm³/mol. The molecular weight excluding hydrogens is 432 g/mol. The van der Waals surface area contributed by atoms with Crippen molar-refractivity contribution in [2.24, 2.45) is 5.41 Å². The normalized spacial score (nSPS) is 14.2. The number of hydrogen-bond acceptors (Lipinski definition) is 9. The van der Waals surface area contributed by atoms with Gasteiger partial charge in [-0.05, 0) is 6.92 Å². The van der Waals surface area contributed by atoms with Crippen molar-refractivity contribution in [3.05, 3.63) is 0 Å². The minimum atomic E-state index is -1.40. The van der Waals surface area contributed by atoms with Gasteiger partial charge >= 0.3 is 5.97 Å². The Morgan fingerprint density at radius 1 is 1.16 bits per heavy atom. The number of carboxylic acids is 1. The summed E-state index contributed by atoms with van der Waals surface area (Å²) < 4.78 is 5.18. The molecule has 0 aliphatic heterocycles. The molecular formula is C19H32N2O9S. The van der Waals surface area contributed by atoms with Gasteiger partial charge in [0.25, 0.3) is 0 Å². The van der Waals surface area contributed by atoms with Crippen LogP contribution in [0.3, 0.4) is 0 Å². The van der Waals surface area contributed by atoms with E-state index in [9.17, 15) is 29.1 Å². The van der Waals surface area contributed by atoms with Crippen molar-refractivity contribution in [1.29, 1.82) is 0 Å². The van der Waals surface area contributed by atoms with Gasteiger partial charge in [0.2, 0.25) is 11.8 Å². The Morgan fingerprint density at radius 2 is 1.81 bits per heavy atom. The first kappa shape index (κ1) is 29.0. The van der Waals surface area contributed by atoms with Gasteiger partial charge in [-0.3, -0.25) is 14.4 Å². The number of aliphatic hydroxyl groups is 2. The minimum Gasteiger partial charge on any atom is -0.479 e. The molecule has 3 atom stereocenters. The zero-order chi connectivity index (χ0) is 24.0. The topological polar surface area (TPSA) is 179 Å². The maximum Gasteiger partial charge on any atom is 0.333 e. The third-order valence-electron chi connectivity index (χ3n) is 4.17. The first-order valence-corrected chi connectivity index (χ1v) is 10.7. The molecule has 0 aliphatic carbocycles. The van der Waals surface area contributed by atoms with Crippen LogP contribution < -0.4 is 10.6 Å². The van der Waals surface area contributed by atoms with E-state index < -0.39 is 35.6 Å². The number of carbonyl (C=O) groups is 5. The fourth-order valence-corrected chi connectivity index (χ4v) is 2.99. The highest BCUT2D eigenvalue weighted by atomic mass is 32.2. The fourth-order valence-electron chi connectivity index (χ4n) is 2.21. The molecule has 0 aromatic rings. The summed E-state index contributed by atoms with van der Waals surface area (Å²) in [5.74, 6) is -2.00. The molecule has 0 aromatic heterocycles. The number of aliphatic hydroxyl groups excluding tert-OH is 2. The van der Waals surface area contributed by atoms with E-state index in [1.54, 1.807) is 0 Å². The monoisotopic (exact) mass is 464 g/mol. The van der Waals surface area contributed by atoms with Gasteiger partial charge in [0.15, 0.2) is 11.2 Å². The van der Waals surface area contributed by atoms with E-state index >= 15 is 0 Å². The van der Waals surface area contributed by atoms with Gasteiger partial charge in [0.05, 0.1) is 12.7 Å². The SMILES string of the molecule is C[C@H](CC(=O)SCCNC(=O)CCNC(=O)[C@H](O)C(C)(C)CO)OC(CC=O)C(=O)O. The second-order valence-corrected chi connectivity index (χ2v) is 8.69. The highest BCUT2D eigenvalue weighted by molar-refractivity contribution is 8.13. The number of rotatable bonds is 16. The van der Waals surface area contributed by atoms with Crippen LogP contribution in [0.2, 0.25) is 0 Å². The Morgan fingerprint density at radius 3 is 2.35 bits per heavy atom. The van der Waals surface area contributed by atoms with Crippen molar-refractivity contribution in [2.75, 3.05) is 25.4 Å². The molecule has 0 saturated heterocycles. The van der Waals surface area contributed by atoms with Gasteiger partial charge in [0, 0.05) is 43.5 Å². The third kappa shape index (κ3) is 12.4. The molecule has 0 bridgehead atoms. The lowest BCUT2D eigenvalue weighted by molar-refractivity contribution is -0.155. The van der Waals surface area contributed by atoms with E-state index in [4.69, 9.17) is 14.9 Å².